The second-order valence-corrected chi connectivity index (χ2v) is 6.96. The second kappa shape index (κ2) is 9.32. The highest BCUT2D eigenvalue weighted by Gasteiger charge is 2.22. The number of likely N-dealkylation sites (tertiary alicyclic amines) is 1. The molecule has 0 spiro atoms. The third kappa shape index (κ3) is 5.28. The van der Waals surface area contributed by atoms with Crippen molar-refractivity contribution in [2.24, 2.45) is 5.92 Å². The van der Waals surface area contributed by atoms with Gasteiger partial charge in [0.1, 0.15) is 6.26 Å². The SMILES string of the molecule is O=C(CCCC1CCN(C(=O)CCc2ccccc2)CC1)c1ncco1. The van der Waals surface area contributed by atoms with Crippen molar-refractivity contribution in [3.8, 4) is 0 Å². The molecule has 0 aliphatic carbocycles. The molecule has 1 aliphatic rings. The van der Waals surface area contributed by atoms with E-state index in [9.17, 15) is 9.59 Å². The maximum atomic E-state index is 12.4. The Hall–Kier alpha value is -2.43. The van der Waals surface area contributed by atoms with Crippen molar-refractivity contribution in [2.45, 2.75) is 44.9 Å². The summed E-state index contributed by atoms with van der Waals surface area (Å²) in [5, 5.41) is 0. The quantitative estimate of drug-likeness (QED) is 0.675. The molecule has 0 radical (unpaired) electrons. The number of nitrogens with zero attached hydrogens (tertiary/aromatic N) is 2. The van der Waals surface area contributed by atoms with Gasteiger partial charge < -0.3 is 9.32 Å². The van der Waals surface area contributed by atoms with Gasteiger partial charge in [-0.25, -0.2) is 4.98 Å². The smallest absolute Gasteiger partial charge is 0.263 e. The fourth-order valence-corrected chi connectivity index (χ4v) is 3.54. The standard InChI is InChI=1S/C21H26N2O3/c24-19(21-22-13-16-26-21)8-4-7-18-11-14-23(15-12-18)20(25)10-9-17-5-2-1-3-6-17/h1-3,5-6,13,16,18H,4,7-12,14-15H2. The number of rotatable bonds is 8. The fourth-order valence-electron chi connectivity index (χ4n) is 3.54. The number of carbonyl (C=O) groups is 2. The van der Waals surface area contributed by atoms with Crippen LogP contribution in [0, 0.1) is 5.92 Å². The van der Waals surface area contributed by atoms with Gasteiger partial charge in [-0.2, -0.15) is 0 Å². The number of hydrogen-bond acceptors (Lipinski definition) is 4. The van der Waals surface area contributed by atoms with Gasteiger partial charge in [0.25, 0.3) is 5.89 Å². The number of ketones is 1. The highest BCUT2D eigenvalue weighted by atomic mass is 16.3. The topological polar surface area (TPSA) is 63.4 Å². The molecule has 0 N–H and O–H groups in total. The van der Waals surface area contributed by atoms with E-state index in [1.807, 2.05) is 23.1 Å². The molecule has 5 heteroatoms. The Morgan fingerprint density at radius 1 is 1.12 bits per heavy atom. The Morgan fingerprint density at radius 3 is 2.58 bits per heavy atom. The predicted octanol–water partition coefficient (Wildman–Crippen LogP) is 3.90. The van der Waals surface area contributed by atoms with Crippen LogP contribution in [-0.4, -0.2) is 34.7 Å². The molecule has 0 unspecified atom stereocenters. The first kappa shape index (κ1) is 18.4. The predicted molar refractivity (Wildman–Crippen MR) is 98.8 cm³/mol. The monoisotopic (exact) mass is 354 g/mol. The van der Waals surface area contributed by atoms with Gasteiger partial charge in [0.2, 0.25) is 11.7 Å². The molecule has 5 nitrogen and oxygen atoms in total. The van der Waals surface area contributed by atoms with Crippen molar-refractivity contribution in [2.75, 3.05) is 13.1 Å². The number of piperidine rings is 1. The molecule has 1 amide bonds. The average Bonchev–Trinajstić information content (AvgIpc) is 3.22. The highest BCUT2D eigenvalue weighted by Crippen LogP contribution is 2.23. The number of aromatic nitrogens is 1. The average molecular weight is 354 g/mol. The molecule has 0 bridgehead atoms. The molecule has 2 heterocycles. The van der Waals surface area contributed by atoms with Crippen LogP contribution in [-0.2, 0) is 11.2 Å². The van der Waals surface area contributed by atoms with E-state index in [4.69, 9.17) is 4.42 Å². The van der Waals surface area contributed by atoms with E-state index in [0.29, 0.717) is 18.8 Å². The number of hydrogen-bond donors (Lipinski definition) is 0. The molecule has 3 rings (SSSR count). The summed E-state index contributed by atoms with van der Waals surface area (Å²) in [5.41, 5.74) is 1.21. The summed E-state index contributed by atoms with van der Waals surface area (Å²) in [5.74, 6) is 1.05. The largest absolute Gasteiger partial charge is 0.442 e. The first-order valence-corrected chi connectivity index (χ1v) is 9.47. The molecule has 1 saturated heterocycles. The normalized spacial score (nSPS) is 15.2. The Bertz CT molecular complexity index is 689. The molecule has 2 aromatic rings. The van der Waals surface area contributed by atoms with Crippen LogP contribution >= 0.6 is 0 Å². The summed E-state index contributed by atoms with van der Waals surface area (Å²) in [4.78, 5) is 30.1. The van der Waals surface area contributed by atoms with Crippen LogP contribution in [0.3, 0.4) is 0 Å². The van der Waals surface area contributed by atoms with Crippen LogP contribution in [0.4, 0.5) is 0 Å². The molecular formula is C21H26N2O3. The Morgan fingerprint density at radius 2 is 1.88 bits per heavy atom. The molecule has 0 atom stereocenters. The minimum atomic E-state index is -0.0245. The maximum absolute atomic E-state index is 12.4. The minimum Gasteiger partial charge on any atom is -0.442 e. The Balaban J connectivity index is 1.32. The van der Waals surface area contributed by atoms with Crippen LogP contribution in [0.2, 0.25) is 0 Å². The highest BCUT2D eigenvalue weighted by molar-refractivity contribution is 5.91. The molecule has 1 fully saturated rings. The van der Waals surface area contributed by atoms with E-state index in [-0.39, 0.29) is 17.6 Å². The minimum absolute atomic E-state index is 0.0245. The lowest BCUT2D eigenvalue weighted by atomic mass is 9.91. The molecule has 1 aromatic heterocycles. The number of carbonyl (C=O) groups excluding carboxylic acids is 2. The molecular weight excluding hydrogens is 328 g/mol. The van der Waals surface area contributed by atoms with Gasteiger partial charge in [0.05, 0.1) is 6.20 Å². The number of benzene rings is 1. The molecule has 138 valence electrons. The van der Waals surface area contributed by atoms with Crippen molar-refractivity contribution in [1.82, 2.24) is 9.88 Å². The summed E-state index contributed by atoms with van der Waals surface area (Å²) in [6, 6.07) is 10.2. The summed E-state index contributed by atoms with van der Waals surface area (Å²) in [6.07, 6.45) is 8.75. The van der Waals surface area contributed by atoms with Crippen LogP contribution in [0.25, 0.3) is 0 Å². The molecule has 26 heavy (non-hydrogen) atoms. The van der Waals surface area contributed by atoms with E-state index in [2.05, 4.69) is 17.1 Å². The van der Waals surface area contributed by atoms with E-state index in [0.717, 1.165) is 45.2 Å². The van der Waals surface area contributed by atoms with E-state index < -0.39 is 0 Å². The number of aryl methyl sites for hydroxylation is 1. The van der Waals surface area contributed by atoms with Gasteiger partial charge in [-0.05, 0) is 43.6 Å². The lowest BCUT2D eigenvalue weighted by molar-refractivity contribution is -0.132. The zero-order chi connectivity index (χ0) is 18.2. The fraction of sp³-hybridized carbons (Fsp3) is 0.476. The summed E-state index contributed by atoms with van der Waals surface area (Å²) in [6.45, 7) is 1.68. The Kier molecular flexibility index (Phi) is 6.58. The van der Waals surface area contributed by atoms with Gasteiger partial charge in [-0.15, -0.1) is 0 Å². The Labute approximate surface area is 154 Å². The van der Waals surface area contributed by atoms with Crippen molar-refractivity contribution in [3.63, 3.8) is 0 Å². The van der Waals surface area contributed by atoms with Gasteiger partial charge in [-0.3, -0.25) is 9.59 Å². The van der Waals surface area contributed by atoms with Crippen molar-refractivity contribution in [3.05, 3.63) is 54.2 Å². The zero-order valence-corrected chi connectivity index (χ0v) is 15.1. The van der Waals surface area contributed by atoms with Crippen molar-refractivity contribution < 1.29 is 14.0 Å². The lowest BCUT2D eigenvalue weighted by Crippen LogP contribution is -2.38. The van der Waals surface area contributed by atoms with Crippen molar-refractivity contribution >= 4 is 11.7 Å². The molecule has 1 aromatic carbocycles. The zero-order valence-electron chi connectivity index (χ0n) is 15.1. The van der Waals surface area contributed by atoms with E-state index >= 15 is 0 Å². The third-order valence-corrected chi connectivity index (χ3v) is 5.12. The van der Waals surface area contributed by atoms with E-state index in [1.165, 1.54) is 18.0 Å². The molecule has 1 aliphatic heterocycles. The van der Waals surface area contributed by atoms with Crippen LogP contribution in [0.15, 0.2) is 47.2 Å². The summed E-state index contributed by atoms with van der Waals surface area (Å²) < 4.78 is 5.03. The number of amides is 1. The number of oxazole rings is 1. The van der Waals surface area contributed by atoms with Gasteiger partial charge in [0.15, 0.2) is 0 Å². The van der Waals surface area contributed by atoms with Crippen LogP contribution < -0.4 is 0 Å². The van der Waals surface area contributed by atoms with Gasteiger partial charge in [0, 0.05) is 25.9 Å². The van der Waals surface area contributed by atoms with Crippen molar-refractivity contribution in [1.29, 1.82) is 0 Å². The van der Waals surface area contributed by atoms with Gasteiger partial charge >= 0.3 is 0 Å². The maximum Gasteiger partial charge on any atom is 0.263 e. The summed E-state index contributed by atoms with van der Waals surface area (Å²) >= 11 is 0. The number of Topliss-reactive ketones (excluding diaryl/α,β-unsaturated/α-hetero) is 1. The van der Waals surface area contributed by atoms with Crippen LogP contribution in [0.1, 0.15) is 54.8 Å². The van der Waals surface area contributed by atoms with E-state index in [1.54, 1.807) is 0 Å². The van der Waals surface area contributed by atoms with Gasteiger partial charge in [-0.1, -0.05) is 30.3 Å². The van der Waals surface area contributed by atoms with Crippen LogP contribution in [0.5, 0.6) is 0 Å². The second-order valence-electron chi connectivity index (χ2n) is 6.96. The first-order valence-electron chi connectivity index (χ1n) is 9.47. The lowest BCUT2D eigenvalue weighted by Gasteiger charge is -2.32. The molecule has 0 saturated carbocycles. The first-order chi connectivity index (χ1) is 12.7. The summed E-state index contributed by atoms with van der Waals surface area (Å²) in [7, 11) is 0. The third-order valence-electron chi connectivity index (χ3n) is 5.12.